The summed E-state index contributed by atoms with van der Waals surface area (Å²) in [5.74, 6) is 0.842. The van der Waals surface area contributed by atoms with E-state index in [4.69, 9.17) is 0 Å². The van der Waals surface area contributed by atoms with Crippen LogP contribution in [0.5, 0.6) is 0 Å². The van der Waals surface area contributed by atoms with Crippen molar-refractivity contribution in [3.63, 3.8) is 0 Å². The number of nitrogens with one attached hydrogen (secondary N) is 1. The zero-order chi connectivity index (χ0) is 11.7. The van der Waals surface area contributed by atoms with Gasteiger partial charge >= 0.3 is 0 Å². The Balaban J connectivity index is 1.83. The Kier molecular flexibility index (Phi) is 3.14. The predicted octanol–water partition coefficient (Wildman–Crippen LogP) is 2.93. The molecule has 0 saturated heterocycles. The van der Waals surface area contributed by atoms with Gasteiger partial charge in [0.1, 0.15) is 0 Å². The Bertz CT molecular complexity index is 504. The van der Waals surface area contributed by atoms with Crippen LogP contribution in [0.3, 0.4) is 0 Å². The van der Waals surface area contributed by atoms with Crippen LogP contribution < -0.4 is 5.32 Å². The molecule has 1 fully saturated rings. The molecule has 2 N–H and O–H groups in total. The van der Waals surface area contributed by atoms with Crippen LogP contribution in [-0.4, -0.2) is 18.3 Å². The van der Waals surface area contributed by atoms with Crippen molar-refractivity contribution in [1.29, 1.82) is 0 Å². The van der Waals surface area contributed by atoms with Gasteiger partial charge in [-0.05, 0) is 47.7 Å². The summed E-state index contributed by atoms with van der Waals surface area (Å²) in [4.78, 5) is 0. The second kappa shape index (κ2) is 4.77. The van der Waals surface area contributed by atoms with Gasteiger partial charge in [0.2, 0.25) is 0 Å². The van der Waals surface area contributed by atoms with Gasteiger partial charge in [0.15, 0.2) is 0 Å². The maximum Gasteiger partial charge on any atom is 0.0627 e. The number of benzene rings is 1. The quantitative estimate of drug-likeness (QED) is 0.851. The zero-order valence-corrected chi connectivity index (χ0v) is 10.5. The van der Waals surface area contributed by atoms with Gasteiger partial charge in [-0.15, -0.1) is 11.3 Å². The molecule has 1 unspecified atom stereocenters. The Morgan fingerprint density at radius 2 is 2.18 bits per heavy atom. The maximum absolute atomic E-state index is 9.53. The molecule has 2 aromatic rings. The molecule has 0 amide bonds. The van der Waals surface area contributed by atoms with Crippen molar-refractivity contribution in [3.8, 4) is 0 Å². The van der Waals surface area contributed by atoms with Crippen LogP contribution in [0.2, 0.25) is 0 Å². The second-order valence-corrected chi connectivity index (χ2v) is 5.69. The third kappa shape index (κ3) is 2.37. The molecular weight excluding hydrogens is 230 g/mol. The van der Waals surface area contributed by atoms with Crippen molar-refractivity contribution in [2.45, 2.75) is 18.9 Å². The van der Waals surface area contributed by atoms with E-state index in [9.17, 15) is 5.11 Å². The first-order valence-corrected chi connectivity index (χ1v) is 7.07. The highest BCUT2D eigenvalue weighted by Crippen LogP contribution is 2.32. The summed E-state index contributed by atoms with van der Waals surface area (Å²) < 4.78 is 1.30. The number of aliphatic hydroxyl groups is 1. The number of aliphatic hydroxyl groups excluding tert-OH is 1. The lowest BCUT2D eigenvalue weighted by Gasteiger charge is -2.15. The fourth-order valence-electron chi connectivity index (χ4n) is 2.17. The summed E-state index contributed by atoms with van der Waals surface area (Å²) >= 11 is 1.76. The molecule has 3 heteroatoms. The average molecular weight is 247 g/mol. The van der Waals surface area contributed by atoms with Crippen LogP contribution >= 0.6 is 11.3 Å². The number of fused-ring (bicyclic) bond motifs is 1. The largest absolute Gasteiger partial charge is 0.394 e. The Morgan fingerprint density at radius 1 is 1.35 bits per heavy atom. The molecule has 0 bridgehead atoms. The molecule has 1 aromatic carbocycles. The third-order valence-electron chi connectivity index (χ3n) is 3.42. The average Bonchev–Trinajstić information content (AvgIpc) is 3.10. The van der Waals surface area contributed by atoms with E-state index < -0.39 is 0 Å². The van der Waals surface area contributed by atoms with Crippen molar-refractivity contribution in [2.75, 3.05) is 13.2 Å². The van der Waals surface area contributed by atoms with Gasteiger partial charge in [-0.25, -0.2) is 0 Å². The highest BCUT2D eigenvalue weighted by Gasteiger charge is 2.23. The van der Waals surface area contributed by atoms with Crippen molar-refractivity contribution in [3.05, 3.63) is 35.2 Å². The molecule has 3 rings (SSSR count). The first-order valence-electron chi connectivity index (χ1n) is 6.19. The van der Waals surface area contributed by atoms with Crippen molar-refractivity contribution >= 4 is 21.4 Å². The third-order valence-corrected chi connectivity index (χ3v) is 4.40. The van der Waals surface area contributed by atoms with Crippen molar-refractivity contribution in [1.82, 2.24) is 5.32 Å². The predicted molar refractivity (Wildman–Crippen MR) is 72.4 cm³/mol. The van der Waals surface area contributed by atoms with E-state index in [0.29, 0.717) is 0 Å². The minimum Gasteiger partial charge on any atom is -0.394 e. The molecule has 0 radical (unpaired) electrons. The normalized spacial score (nSPS) is 17.5. The van der Waals surface area contributed by atoms with Gasteiger partial charge < -0.3 is 10.4 Å². The lowest BCUT2D eigenvalue weighted by Crippen LogP contribution is -2.26. The van der Waals surface area contributed by atoms with Crippen LogP contribution in [0.25, 0.3) is 10.1 Å². The summed E-state index contributed by atoms with van der Waals surface area (Å²) in [6, 6.07) is 8.50. The topological polar surface area (TPSA) is 32.3 Å². The molecular formula is C14H17NOS. The summed E-state index contributed by atoms with van der Waals surface area (Å²) in [5, 5.41) is 16.5. The van der Waals surface area contributed by atoms with Crippen LogP contribution in [0, 0.1) is 5.92 Å². The standard InChI is InChI=1S/C14H17NOS/c16-8-13(15-7-10-5-6-10)12-9-17-14-4-2-1-3-11(12)14/h1-4,9-10,13,15-16H,5-8H2. The van der Waals surface area contributed by atoms with Crippen LogP contribution in [0.4, 0.5) is 0 Å². The first-order chi connectivity index (χ1) is 8.38. The molecule has 1 aliphatic rings. The van der Waals surface area contributed by atoms with E-state index in [1.807, 2.05) is 0 Å². The van der Waals surface area contributed by atoms with Crippen molar-refractivity contribution < 1.29 is 5.11 Å². The Hall–Kier alpha value is -0.900. The smallest absolute Gasteiger partial charge is 0.0627 e. The number of hydrogen-bond donors (Lipinski definition) is 2. The van der Waals surface area contributed by atoms with E-state index in [2.05, 4.69) is 35.0 Å². The fourth-order valence-corrected chi connectivity index (χ4v) is 3.19. The molecule has 1 saturated carbocycles. The highest BCUT2D eigenvalue weighted by atomic mass is 32.1. The minimum atomic E-state index is 0.0896. The van der Waals surface area contributed by atoms with E-state index in [-0.39, 0.29) is 12.6 Å². The summed E-state index contributed by atoms with van der Waals surface area (Å²) in [6.45, 7) is 1.21. The summed E-state index contributed by atoms with van der Waals surface area (Å²) in [6.07, 6.45) is 2.69. The Labute approximate surface area is 105 Å². The second-order valence-electron chi connectivity index (χ2n) is 4.77. The molecule has 17 heavy (non-hydrogen) atoms. The number of rotatable bonds is 5. The monoisotopic (exact) mass is 247 g/mol. The lowest BCUT2D eigenvalue weighted by atomic mass is 10.1. The van der Waals surface area contributed by atoms with E-state index in [1.54, 1.807) is 11.3 Å². The van der Waals surface area contributed by atoms with E-state index in [1.165, 1.54) is 28.5 Å². The van der Waals surface area contributed by atoms with Crippen LogP contribution in [-0.2, 0) is 0 Å². The lowest BCUT2D eigenvalue weighted by molar-refractivity contribution is 0.244. The number of thiophene rings is 1. The molecule has 1 heterocycles. The molecule has 1 aromatic heterocycles. The zero-order valence-electron chi connectivity index (χ0n) is 9.73. The van der Waals surface area contributed by atoms with E-state index in [0.717, 1.165) is 12.5 Å². The molecule has 1 atom stereocenters. The molecule has 2 nitrogen and oxygen atoms in total. The highest BCUT2D eigenvalue weighted by molar-refractivity contribution is 7.17. The molecule has 0 spiro atoms. The van der Waals surface area contributed by atoms with Crippen molar-refractivity contribution in [2.24, 2.45) is 5.92 Å². The maximum atomic E-state index is 9.53. The van der Waals surface area contributed by atoms with Gasteiger partial charge in [-0.2, -0.15) is 0 Å². The van der Waals surface area contributed by atoms with Gasteiger partial charge in [-0.1, -0.05) is 18.2 Å². The summed E-state index contributed by atoms with van der Waals surface area (Å²) in [5.41, 5.74) is 1.24. The molecule has 0 aliphatic heterocycles. The van der Waals surface area contributed by atoms with E-state index >= 15 is 0 Å². The first kappa shape index (κ1) is 11.2. The van der Waals surface area contributed by atoms with Gasteiger partial charge in [0.05, 0.1) is 12.6 Å². The number of hydrogen-bond acceptors (Lipinski definition) is 3. The minimum absolute atomic E-state index is 0.0896. The Morgan fingerprint density at radius 3 is 2.94 bits per heavy atom. The molecule has 1 aliphatic carbocycles. The van der Waals surface area contributed by atoms with Crippen LogP contribution in [0.15, 0.2) is 29.6 Å². The fraction of sp³-hybridized carbons (Fsp3) is 0.429. The summed E-state index contributed by atoms with van der Waals surface area (Å²) in [7, 11) is 0. The van der Waals surface area contributed by atoms with Crippen LogP contribution in [0.1, 0.15) is 24.4 Å². The van der Waals surface area contributed by atoms with Gasteiger partial charge in [-0.3, -0.25) is 0 Å². The molecule has 90 valence electrons. The SMILES string of the molecule is OCC(NCC1CC1)c1csc2ccccc12. The van der Waals surface area contributed by atoms with Gasteiger partial charge in [0, 0.05) is 4.70 Å². The van der Waals surface area contributed by atoms with Gasteiger partial charge in [0.25, 0.3) is 0 Å².